The van der Waals surface area contributed by atoms with Crippen molar-refractivity contribution in [2.45, 2.75) is 127 Å². The Morgan fingerprint density at radius 1 is 0.949 bits per heavy atom. The summed E-state index contributed by atoms with van der Waals surface area (Å²) in [4.78, 5) is 11.8. The van der Waals surface area contributed by atoms with E-state index in [1.807, 2.05) is 0 Å². The molecule has 5 fully saturated rings. The van der Waals surface area contributed by atoms with E-state index in [9.17, 15) is 25.2 Å². The number of carbonyl (C=O) groups is 1. The van der Waals surface area contributed by atoms with Gasteiger partial charge in [0.1, 0.15) is 24.9 Å². The molecule has 1 saturated heterocycles. The Kier molecular flexibility index (Phi) is 6.82. The molecular weight excluding hydrogens is 504 g/mol. The highest BCUT2D eigenvalue weighted by atomic mass is 16.7. The molecule has 39 heavy (non-hydrogen) atoms. The number of hydrogen-bond donors (Lipinski definition) is 4. The first-order valence-corrected chi connectivity index (χ1v) is 14.9. The number of aliphatic hydroxyl groups is 4. The van der Waals surface area contributed by atoms with Crippen LogP contribution in [0.3, 0.4) is 0 Å². The van der Waals surface area contributed by atoms with Gasteiger partial charge in [-0.2, -0.15) is 0 Å². The van der Waals surface area contributed by atoms with Crippen molar-refractivity contribution in [2.75, 3.05) is 13.7 Å². The standard InChI is InChI=1S/C30H46O9/c1-16-23(32)25(36-4)24(33)26(38-16)39-18-5-9-27(2)20-6-10-28(3)19(17-13-22(31)37-15-17)8-12-30(28,35)21(20)7-11-29(27,34)14-18/h13,16,18-21,23-26,32-35H,5-12,14-15H2,1-4H3/t16-,18-,19-,20+,21-,23+,24+,25-,26-,27+,28+,29+,30-/m0/s1. The van der Waals surface area contributed by atoms with Gasteiger partial charge in [-0.1, -0.05) is 13.8 Å². The van der Waals surface area contributed by atoms with Crippen LogP contribution < -0.4 is 0 Å². The zero-order chi connectivity index (χ0) is 28.0. The molecule has 9 nitrogen and oxygen atoms in total. The molecular formula is C30H46O9. The van der Waals surface area contributed by atoms with Crippen LogP contribution in [-0.2, 0) is 23.7 Å². The van der Waals surface area contributed by atoms with E-state index in [-0.39, 0.29) is 40.7 Å². The number of methoxy groups -OCH3 is 1. The predicted octanol–water partition coefficient (Wildman–Crippen LogP) is 2.23. The van der Waals surface area contributed by atoms with Crippen LogP contribution in [0.2, 0.25) is 0 Å². The number of rotatable bonds is 4. The van der Waals surface area contributed by atoms with Crippen LogP contribution in [-0.4, -0.2) is 88.1 Å². The monoisotopic (exact) mass is 550 g/mol. The highest BCUT2D eigenvalue weighted by molar-refractivity contribution is 5.85. The summed E-state index contributed by atoms with van der Waals surface area (Å²) in [6.07, 6.45) is 3.58. The molecule has 0 amide bonds. The zero-order valence-electron chi connectivity index (χ0n) is 23.7. The maximum absolute atomic E-state index is 12.4. The summed E-state index contributed by atoms with van der Waals surface area (Å²) in [5.74, 6) is 0.151. The van der Waals surface area contributed by atoms with Crippen LogP contribution in [0.5, 0.6) is 0 Å². The number of esters is 1. The minimum Gasteiger partial charge on any atom is -0.458 e. The normalized spacial score (nSPS) is 55.3. The average molecular weight is 551 g/mol. The molecule has 0 aromatic rings. The minimum absolute atomic E-state index is 0.0934. The van der Waals surface area contributed by atoms with E-state index in [0.29, 0.717) is 32.3 Å². The molecule has 6 rings (SSSR count). The van der Waals surface area contributed by atoms with Gasteiger partial charge in [-0.3, -0.25) is 0 Å². The smallest absolute Gasteiger partial charge is 0.331 e. The number of ether oxygens (including phenoxy) is 4. The molecule has 4 saturated carbocycles. The van der Waals surface area contributed by atoms with E-state index in [1.54, 1.807) is 13.0 Å². The number of carbonyl (C=O) groups excluding carboxylic acids is 1. The maximum atomic E-state index is 12.4. The molecule has 2 heterocycles. The van der Waals surface area contributed by atoms with Gasteiger partial charge in [-0.05, 0) is 87.0 Å². The Morgan fingerprint density at radius 3 is 2.36 bits per heavy atom. The number of fused-ring (bicyclic) bond motifs is 5. The Labute approximate surface area is 230 Å². The van der Waals surface area contributed by atoms with Crippen LogP contribution in [0.1, 0.15) is 78.6 Å². The van der Waals surface area contributed by atoms with Gasteiger partial charge in [0, 0.05) is 25.0 Å². The Morgan fingerprint density at radius 2 is 1.67 bits per heavy atom. The van der Waals surface area contributed by atoms with Gasteiger partial charge in [-0.25, -0.2) is 4.79 Å². The molecule has 0 spiro atoms. The quantitative estimate of drug-likeness (QED) is 0.307. The van der Waals surface area contributed by atoms with Crippen molar-refractivity contribution >= 4 is 5.97 Å². The van der Waals surface area contributed by atoms with Gasteiger partial charge in [0.15, 0.2) is 6.29 Å². The molecule has 0 bridgehead atoms. The van der Waals surface area contributed by atoms with Crippen molar-refractivity contribution < 1.29 is 44.2 Å². The summed E-state index contributed by atoms with van der Waals surface area (Å²) in [6, 6.07) is 0. The fourth-order valence-corrected chi connectivity index (χ4v) is 10.1. The van der Waals surface area contributed by atoms with E-state index >= 15 is 0 Å². The molecule has 6 aliphatic rings. The summed E-state index contributed by atoms with van der Waals surface area (Å²) in [5, 5.41) is 45.7. The number of aliphatic hydroxyl groups excluding tert-OH is 2. The molecule has 4 N–H and O–H groups in total. The first-order valence-electron chi connectivity index (χ1n) is 14.9. The van der Waals surface area contributed by atoms with E-state index in [0.717, 1.165) is 37.7 Å². The highest BCUT2D eigenvalue weighted by Crippen LogP contribution is 2.70. The summed E-state index contributed by atoms with van der Waals surface area (Å²) in [6.45, 7) is 6.48. The summed E-state index contributed by atoms with van der Waals surface area (Å²) >= 11 is 0. The van der Waals surface area contributed by atoms with Crippen LogP contribution in [0, 0.1) is 28.6 Å². The lowest BCUT2D eigenvalue weighted by molar-refractivity contribution is -0.321. The second-order valence-corrected chi connectivity index (χ2v) is 13.9. The molecule has 2 aliphatic heterocycles. The van der Waals surface area contributed by atoms with Crippen molar-refractivity contribution in [3.63, 3.8) is 0 Å². The lowest BCUT2D eigenvalue weighted by Crippen LogP contribution is -2.67. The van der Waals surface area contributed by atoms with Crippen molar-refractivity contribution in [3.05, 3.63) is 11.6 Å². The lowest BCUT2D eigenvalue weighted by Gasteiger charge is -2.66. The fourth-order valence-electron chi connectivity index (χ4n) is 10.1. The predicted molar refractivity (Wildman–Crippen MR) is 139 cm³/mol. The van der Waals surface area contributed by atoms with Gasteiger partial charge in [-0.15, -0.1) is 0 Å². The van der Waals surface area contributed by atoms with E-state index in [4.69, 9.17) is 18.9 Å². The van der Waals surface area contributed by atoms with Gasteiger partial charge in [0.2, 0.25) is 0 Å². The summed E-state index contributed by atoms with van der Waals surface area (Å²) in [7, 11) is 1.45. The minimum atomic E-state index is -1.13. The molecule has 4 aliphatic carbocycles. The molecule has 13 atom stereocenters. The number of cyclic esters (lactones) is 1. The van der Waals surface area contributed by atoms with Gasteiger partial charge in [0.25, 0.3) is 0 Å². The topological polar surface area (TPSA) is 135 Å². The first kappa shape index (κ1) is 28.1. The van der Waals surface area contributed by atoms with Crippen molar-refractivity contribution in [1.82, 2.24) is 0 Å². The molecule has 0 aromatic heterocycles. The van der Waals surface area contributed by atoms with Gasteiger partial charge >= 0.3 is 5.97 Å². The zero-order valence-corrected chi connectivity index (χ0v) is 23.7. The molecule has 0 aromatic carbocycles. The van der Waals surface area contributed by atoms with Crippen molar-refractivity contribution in [3.8, 4) is 0 Å². The summed E-state index contributed by atoms with van der Waals surface area (Å²) in [5.41, 5.74) is -1.43. The largest absolute Gasteiger partial charge is 0.458 e. The molecule has 9 heteroatoms. The second-order valence-electron chi connectivity index (χ2n) is 13.9. The SMILES string of the molecule is CO[C@@H]1[C@@H](O)[C@H](O[C@H]2CC[C@]3(C)[C@@H]4CC[C@]5(C)[C@H](C6=CC(=O)OC6)CC[C@]5(O)[C@H]4CC[C@@]3(O)C2)O[C@@H](C)[C@H]1O. The fraction of sp³-hybridized carbons (Fsp3) is 0.900. The third-order valence-electron chi connectivity index (χ3n) is 12.5. The van der Waals surface area contributed by atoms with Gasteiger partial charge in [0.05, 0.1) is 23.4 Å². The highest BCUT2D eigenvalue weighted by Gasteiger charge is 2.70. The lowest BCUT2D eigenvalue weighted by atomic mass is 9.42. The van der Waals surface area contributed by atoms with E-state index in [1.165, 1.54) is 7.11 Å². The Hall–Kier alpha value is -1.07. The molecule has 220 valence electrons. The van der Waals surface area contributed by atoms with Gasteiger partial charge < -0.3 is 39.4 Å². The molecule has 0 radical (unpaired) electrons. The van der Waals surface area contributed by atoms with Crippen LogP contribution in [0.25, 0.3) is 0 Å². The van der Waals surface area contributed by atoms with Crippen LogP contribution in [0.4, 0.5) is 0 Å². The molecule has 0 unspecified atom stereocenters. The Balaban J connectivity index is 1.19. The second kappa shape index (κ2) is 9.48. The van der Waals surface area contributed by atoms with Crippen molar-refractivity contribution in [2.24, 2.45) is 28.6 Å². The van der Waals surface area contributed by atoms with Crippen LogP contribution in [0.15, 0.2) is 11.6 Å². The van der Waals surface area contributed by atoms with E-state index in [2.05, 4.69) is 13.8 Å². The third-order valence-corrected chi connectivity index (χ3v) is 12.5. The van der Waals surface area contributed by atoms with Crippen LogP contribution >= 0.6 is 0 Å². The summed E-state index contributed by atoms with van der Waals surface area (Å²) < 4.78 is 22.6. The third kappa shape index (κ3) is 3.94. The van der Waals surface area contributed by atoms with E-state index < -0.39 is 41.9 Å². The first-order chi connectivity index (χ1) is 18.4. The Bertz CT molecular complexity index is 1020. The average Bonchev–Trinajstić information content (AvgIpc) is 3.43. The number of hydrogen-bond acceptors (Lipinski definition) is 9. The maximum Gasteiger partial charge on any atom is 0.331 e. The van der Waals surface area contributed by atoms with Crippen molar-refractivity contribution in [1.29, 1.82) is 0 Å².